The minimum Gasteiger partial charge on any atom is -0.356 e. The molecule has 0 aliphatic rings. The number of rotatable bonds is 6. The summed E-state index contributed by atoms with van der Waals surface area (Å²) < 4.78 is 0. The summed E-state index contributed by atoms with van der Waals surface area (Å²) in [5.74, 6) is 0.366. The number of imidazole rings is 1. The predicted molar refractivity (Wildman–Crippen MR) is 98.9 cm³/mol. The van der Waals surface area contributed by atoms with E-state index in [-0.39, 0.29) is 5.91 Å². The van der Waals surface area contributed by atoms with E-state index in [4.69, 9.17) is 4.98 Å². The van der Waals surface area contributed by atoms with Gasteiger partial charge in [-0.05, 0) is 6.92 Å². The average molecular weight is 337 g/mol. The van der Waals surface area contributed by atoms with E-state index in [9.17, 15) is 4.79 Å². The zero-order valence-electron chi connectivity index (χ0n) is 13.5. The molecule has 0 bridgehead atoms. The molecule has 0 atom stereocenters. The van der Waals surface area contributed by atoms with Crippen LogP contribution in [-0.4, -0.2) is 28.2 Å². The van der Waals surface area contributed by atoms with E-state index in [1.807, 2.05) is 55.5 Å². The molecule has 24 heavy (non-hydrogen) atoms. The lowest BCUT2D eigenvalue weighted by Gasteiger charge is -2.02. The summed E-state index contributed by atoms with van der Waals surface area (Å²) in [6, 6.07) is 20.2. The van der Waals surface area contributed by atoms with Gasteiger partial charge in [-0.1, -0.05) is 72.4 Å². The molecule has 0 spiro atoms. The van der Waals surface area contributed by atoms with Crippen LogP contribution in [0.1, 0.15) is 6.92 Å². The molecule has 4 nitrogen and oxygen atoms in total. The molecule has 0 aliphatic heterocycles. The number of aromatic nitrogens is 2. The Kier molecular flexibility index (Phi) is 5.33. The number of carbonyl (C=O) groups is 1. The van der Waals surface area contributed by atoms with Crippen molar-refractivity contribution in [3.8, 4) is 22.5 Å². The second-order valence-corrected chi connectivity index (χ2v) is 6.20. The molecule has 3 rings (SSSR count). The highest BCUT2D eigenvalue weighted by atomic mass is 32.2. The van der Waals surface area contributed by atoms with Gasteiger partial charge in [0, 0.05) is 17.7 Å². The SMILES string of the molecule is CCNC(=O)CSc1nc(-c2ccccc2)c(-c2ccccc2)[nH]1. The Hall–Kier alpha value is -2.53. The van der Waals surface area contributed by atoms with Gasteiger partial charge in [-0.15, -0.1) is 0 Å². The minimum atomic E-state index is 0.0152. The fraction of sp³-hybridized carbons (Fsp3) is 0.158. The predicted octanol–water partition coefficient (Wildman–Crippen LogP) is 3.97. The summed E-state index contributed by atoms with van der Waals surface area (Å²) in [6.07, 6.45) is 0. The lowest BCUT2D eigenvalue weighted by molar-refractivity contribution is -0.118. The first-order valence-corrected chi connectivity index (χ1v) is 8.87. The lowest BCUT2D eigenvalue weighted by atomic mass is 10.1. The van der Waals surface area contributed by atoms with Gasteiger partial charge in [0.1, 0.15) is 0 Å². The number of carbonyl (C=O) groups excluding carboxylic acids is 1. The summed E-state index contributed by atoms with van der Waals surface area (Å²) in [4.78, 5) is 19.8. The number of H-pyrrole nitrogens is 1. The molecule has 0 radical (unpaired) electrons. The highest BCUT2D eigenvalue weighted by Gasteiger charge is 2.14. The van der Waals surface area contributed by atoms with Gasteiger partial charge in [0.2, 0.25) is 5.91 Å². The van der Waals surface area contributed by atoms with Crippen LogP contribution in [0.15, 0.2) is 65.8 Å². The van der Waals surface area contributed by atoms with Crippen LogP contribution in [0.25, 0.3) is 22.5 Å². The number of amides is 1. The van der Waals surface area contributed by atoms with Gasteiger partial charge >= 0.3 is 0 Å². The number of aromatic amines is 1. The molecule has 1 heterocycles. The van der Waals surface area contributed by atoms with Crippen LogP contribution in [0.3, 0.4) is 0 Å². The third kappa shape index (κ3) is 3.86. The van der Waals surface area contributed by atoms with Crippen molar-refractivity contribution >= 4 is 17.7 Å². The number of benzene rings is 2. The fourth-order valence-electron chi connectivity index (χ4n) is 2.42. The van der Waals surface area contributed by atoms with Gasteiger partial charge in [-0.25, -0.2) is 4.98 Å². The van der Waals surface area contributed by atoms with E-state index in [1.165, 1.54) is 11.8 Å². The van der Waals surface area contributed by atoms with Crippen molar-refractivity contribution in [1.29, 1.82) is 0 Å². The first-order valence-electron chi connectivity index (χ1n) is 7.88. The van der Waals surface area contributed by atoms with Crippen LogP contribution in [0, 0.1) is 0 Å². The Morgan fingerprint density at radius 2 is 1.67 bits per heavy atom. The summed E-state index contributed by atoms with van der Waals surface area (Å²) in [5.41, 5.74) is 4.01. The van der Waals surface area contributed by atoms with E-state index in [0.717, 1.165) is 27.7 Å². The molecule has 0 aliphatic carbocycles. The van der Waals surface area contributed by atoms with Crippen LogP contribution in [0.2, 0.25) is 0 Å². The fourth-order valence-corrected chi connectivity index (χ4v) is 3.12. The number of hydrogen-bond acceptors (Lipinski definition) is 3. The highest BCUT2D eigenvalue weighted by Crippen LogP contribution is 2.32. The molecule has 1 amide bonds. The lowest BCUT2D eigenvalue weighted by Crippen LogP contribution is -2.24. The maximum atomic E-state index is 11.7. The number of thioether (sulfide) groups is 1. The van der Waals surface area contributed by atoms with E-state index >= 15 is 0 Å². The Balaban J connectivity index is 1.93. The second kappa shape index (κ2) is 7.84. The van der Waals surface area contributed by atoms with Gasteiger partial charge in [-0.3, -0.25) is 4.79 Å². The first kappa shape index (κ1) is 16.3. The maximum Gasteiger partial charge on any atom is 0.230 e. The van der Waals surface area contributed by atoms with Crippen LogP contribution in [0.5, 0.6) is 0 Å². The van der Waals surface area contributed by atoms with Gasteiger partial charge in [0.25, 0.3) is 0 Å². The summed E-state index contributed by atoms with van der Waals surface area (Å²) in [5, 5.41) is 3.55. The van der Waals surface area contributed by atoms with Gasteiger partial charge in [-0.2, -0.15) is 0 Å². The number of nitrogens with one attached hydrogen (secondary N) is 2. The first-order chi connectivity index (χ1) is 11.8. The van der Waals surface area contributed by atoms with Crippen molar-refractivity contribution in [2.45, 2.75) is 12.1 Å². The maximum absolute atomic E-state index is 11.7. The molecular weight excluding hydrogens is 318 g/mol. The van der Waals surface area contributed by atoms with E-state index in [1.54, 1.807) is 0 Å². The molecule has 3 aromatic rings. The Labute approximate surface area is 145 Å². The van der Waals surface area contributed by atoms with E-state index in [0.29, 0.717) is 12.3 Å². The quantitative estimate of drug-likeness (QED) is 0.669. The monoisotopic (exact) mass is 337 g/mol. The second-order valence-electron chi connectivity index (χ2n) is 5.24. The summed E-state index contributed by atoms with van der Waals surface area (Å²) in [6.45, 7) is 2.55. The zero-order valence-corrected chi connectivity index (χ0v) is 14.3. The third-order valence-electron chi connectivity index (χ3n) is 3.51. The van der Waals surface area contributed by atoms with Crippen LogP contribution < -0.4 is 5.32 Å². The van der Waals surface area contributed by atoms with Crippen LogP contribution >= 0.6 is 11.8 Å². The Bertz CT molecular complexity index is 743. The molecule has 0 unspecified atom stereocenters. The topological polar surface area (TPSA) is 57.8 Å². The summed E-state index contributed by atoms with van der Waals surface area (Å²) in [7, 11) is 0. The van der Waals surface area contributed by atoms with Gasteiger partial charge in [0.05, 0.1) is 17.1 Å². The van der Waals surface area contributed by atoms with Gasteiger partial charge < -0.3 is 10.3 Å². The smallest absolute Gasteiger partial charge is 0.230 e. The normalized spacial score (nSPS) is 10.5. The van der Waals surface area contributed by atoms with Crippen LogP contribution in [0.4, 0.5) is 0 Å². The molecule has 2 aromatic carbocycles. The van der Waals surface area contributed by atoms with Crippen molar-refractivity contribution in [2.75, 3.05) is 12.3 Å². The Morgan fingerprint density at radius 1 is 1.04 bits per heavy atom. The van der Waals surface area contributed by atoms with Crippen molar-refractivity contribution in [2.24, 2.45) is 0 Å². The van der Waals surface area contributed by atoms with Crippen molar-refractivity contribution in [1.82, 2.24) is 15.3 Å². The van der Waals surface area contributed by atoms with Crippen LogP contribution in [-0.2, 0) is 4.79 Å². The van der Waals surface area contributed by atoms with Crippen molar-refractivity contribution in [3.63, 3.8) is 0 Å². The van der Waals surface area contributed by atoms with Crippen molar-refractivity contribution in [3.05, 3.63) is 60.7 Å². The third-order valence-corrected chi connectivity index (χ3v) is 4.38. The zero-order chi connectivity index (χ0) is 16.8. The molecule has 1 aromatic heterocycles. The van der Waals surface area contributed by atoms with Crippen molar-refractivity contribution < 1.29 is 4.79 Å². The molecule has 0 saturated carbocycles. The van der Waals surface area contributed by atoms with E-state index < -0.39 is 0 Å². The highest BCUT2D eigenvalue weighted by molar-refractivity contribution is 7.99. The largest absolute Gasteiger partial charge is 0.356 e. The molecule has 0 fully saturated rings. The molecule has 0 saturated heterocycles. The summed E-state index contributed by atoms with van der Waals surface area (Å²) >= 11 is 1.41. The standard InChI is InChI=1S/C19H19N3OS/c1-2-20-16(23)13-24-19-21-17(14-9-5-3-6-10-14)18(22-19)15-11-7-4-8-12-15/h3-12H,2,13H2,1H3,(H,20,23)(H,21,22). The molecule has 5 heteroatoms. The average Bonchev–Trinajstić information content (AvgIpc) is 3.06. The molecule has 2 N–H and O–H groups in total. The van der Waals surface area contributed by atoms with E-state index in [2.05, 4.69) is 22.4 Å². The Morgan fingerprint density at radius 3 is 2.29 bits per heavy atom. The molecule has 122 valence electrons. The van der Waals surface area contributed by atoms with Gasteiger partial charge in [0.15, 0.2) is 5.16 Å². The number of hydrogen-bond donors (Lipinski definition) is 2. The molecular formula is C19H19N3OS. The number of nitrogens with zero attached hydrogens (tertiary/aromatic N) is 1. The minimum absolute atomic E-state index is 0.0152.